The fourth-order valence-corrected chi connectivity index (χ4v) is 3.60. The van der Waals surface area contributed by atoms with Crippen LogP contribution in [0.5, 0.6) is 0 Å². The molecular formula is C17H24ClNO2. The summed E-state index contributed by atoms with van der Waals surface area (Å²) in [5, 5.41) is 11.6. The Balaban J connectivity index is 1.55. The maximum Gasteiger partial charge on any atom is 0.0920 e. The van der Waals surface area contributed by atoms with Crippen molar-refractivity contribution in [3.63, 3.8) is 0 Å². The highest BCUT2D eigenvalue weighted by molar-refractivity contribution is 6.30. The number of piperidine rings is 1. The monoisotopic (exact) mass is 309 g/mol. The number of hydrogen-bond donors (Lipinski definition) is 1. The zero-order valence-electron chi connectivity index (χ0n) is 12.4. The van der Waals surface area contributed by atoms with Crippen molar-refractivity contribution in [2.75, 3.05) is 32.8 Å². The molecule has 0 radical (unpaired) electrons. The molecule has 2 fully saturated rings. The number of ether oxygens (including phenoxy) is 1. The summed E-state index contributed by atoms with van der Waals surface area (Å²) in [4.78, 5) is 2.48. The Bertz CT molecular complexity index is 448. The molecule has 2 heterocycles. The molecule has 2 aliphatic heterocycles. The number of likely N-dealkylation sites (tertiary alicyclic amines) is 1. The lowest BCUT2D eigenvalue weighted by molar-refractivity contribution is -0.0361. The van der Waals surface area contributed by atoms with E-state index < -0.39 is 5.60 Å². The molecule has 1 unspecified atom stereocenters. The van der Waals surface area contributed by atoms with E-state index in [0.29, 0.717) is 5.92 Å². The lowest BCUT2D eigenvalue weighted by Crippen LogP contribution is -2.45. The average molecular weight is 310 g/mol. The maximum atomic E-state index is 10.9. The minimum atomic E-state index is -0.690. The summed E-state index contributed by atoms with van der Waals surface area (Å²) in [5.41, 5.74) is 0.303. The van der Waals surface area contributed by atoms with Gasteiger partial charge in [-0.2, -0.15) is 0 Å². The molecule has 3 nitrogen and oxygen atoms in total. The van der Waals surface area contributed by atoms with Crippen LogP contribution in [0.15, 0.2) is 24.3 Å². The molecule has 2 aliphatic rings. The van der Waals surface area contributed by atoms with Crippen LogP contribution < -0.4 is 0 Å². The van der Waals surface area contributed by atoms with Crippen molar-refractivity contribution in [3.05, 3.63) is 34.9 Å². The Labute approximate surface area is 131 Å². The summed E-state index contributed by atoms with van der Waals surface area (Å²) in [6.45, 7) is 4.84. The standard InChI is InChI=1S/C17H24ClNO2/c18-16-5-3-15(4-6-16)17(20)7-9-19(10-8-17)12-14-2-1-11-21-13-14/h3-6,14,20H,1-2,7-13H2. The predicted molar refractivity (Wildman–Crippen MR) is 84.6 cm³/mol. The van der Waals surface area contributed by atoms with Crippen LogP contribution in [0.3, 0.4) is 0 Å². The van der Waals surface area contributed by atoms with Crippen LogP contribution in [-0.2, 0) is 10.3 Å². The SMILES string of the molecule is OC1(c2ccc(Cl)cc2)CCN(CC2CCCOC2)CC1. The third-order valence-corrected chi connectivity index (χ3v) is 5.09. The van der Waals surface area contributed by atoms with E-state index in [4.69, 9.17) is 16.3 Å². The van der Waals surface area contributed by atoms with Gasteiger partial charge in [-0.1, -0.05) is 23.7 Å². The van der Waals surface area contributed by atoms with Crippen molar-refractivity contribution in [1.82, 2.24) is 4.90 Å². The van der Waals surface area contributed by atoms with Crippen molar-refractivity contribution in [2.45, 2.75) is 31.3 Å². The molecule has 0 saturated carbocycles. The van der Waals surface area contributed by atoms with Crippen LogP contribution in [0.1, 0.15) is 31.2 Å². The van der Waals surface area contributed by atoms with Crippen molar-refractivity contribution in [2.24, 2.45) is 5.92 Å². The van der Waals surface area contributed by atoms with Crippen molar-refractivity contribution < 1.29 is 9.84 Å². The maximum absolute atomic E-state index is 10.9. The van der Waals surface area contributed by atoms with Crippen molar-refractivity contribution in [1.29, 1.82) is 0 Å². The quantitative estimate of drug-likeness (QED) is 0.931. The van der Waals surface area contributed by atoms with Gasteiger partial charge in [0.1, 0.15) is 0 Å². The zero-order chi connectivity index (χ0) is 14.7. The normalized spacial score (nSPS) is 26.7. The van der Waals surface area contributed by atoms with Crippen LogP contribution in [0.4, 0.5) is 0 Å². The molecule has 1 N–H and O–H groups in total. The van der Waals surface area contributed by atoms with Crippen molar-refractivity contribution in [3.8, 4) is 0 Å². The summed E-state index contributed by atoms with van der Waals surface area (Å²) >= 11 is 5.93. The van der Waals surface area contributed by atoms with Crippen LogP contribution in [0.2, 0.25) is 5.02 Å². The van der Waals surface area contributed by atoms with E-state index in [-0.39, 0.29) is 0 Å². The number of benzene rings is 1. The van der Waals surface area contributed by atoms with Crippen LogP contribution in [0.25, 0.3) is 0 Å². The van der Waals surface area contributed by atoms with Crippen LogP contribution >= 0.6 is 11.6 Å². The summed E-state index contributed by atoms with van der Waals surface area (Å²) in [6, 6.07) is 7.63. The molecule has 0 aromatic heterocycles. The van der Waals surface area contributed by atoms with Gasteiger partial charge < -0.3 is 14.7 Å². The first-order chi connectivity index (χ1) is 10.2. The summed E-state index contributed by atoms with van der Waals surface area (Å²) < 4.78 is 5.56. The van der Waals surface area contributed by atoms with Gasteiger partial charge in [0.2, 0.25) is 0 Å². The first-order valence-electron chi connectivity index (χ1n) is 7.94. The second kappa shape index (κ2) is 6.66. The molecule has 1 aromatic carbocycles. The average Bonchev–Trinajstić information content (AvgIpc) is 2.51. The number of hydrogen-bond acceptors (Lipinski definition) is 3. The predicted octanol–water partition coefficient (Wildman–Crippen LogP) is 3.05. The van der Waals surface area contributed by atoms with Gasteiger partial charge in [0.25, 0.3) is 0 Å². The molecular weight excluding hydrogens is 286 g/mol. The Morgan fingerprint density at radius 1 is 1.24 bits per heavy atom. The lowest BCUT2D eigenvalue weighted by atomic mass is 9.84. The Morgan fingerprint density at radius 3 is 2.57 bits per heavy atom. The minimum Gasteiger partial charge on any atom is -0.385 e. The number of rotatable bonds is 3. The first-order valence-corrected chi connectivity index (χ1v) is 8.32. The van der Waals surface area contributed by atoms with Gasteiger partial charge >= 0.3 is 0 Å². The van der Waals surface area contributed by atoms with Gasteiger partial charge in [-0.3, -0.25) is 0 Å². The third kappa shape index (κ3) is 3.78. The molecule has 0 amide bonds. The molecule has 0 aliphatic carbocycles. The number of halogens is 1. The van der Waals surface area contributed by atoms with Crippen LogP contribution in [0, 0.1) is 5.92 Å². The highest BCUT2D eigenvalue weighted by Crippen LogP contribution is 2.33. The minimum absolute atomic E-state index is 0.667. The zero-order valence-corrected chi connectivity index (χ0v) is 13.2. The molecule has 1 aromatic rings. The number of aliphatic hydroxyl groups is 1. The molecule has 3 rings (SSSR count). The van der Waals surface area contributed by atoms with E-state index in [2.05, 4.69) is 4.90 Å². The second-order valence-electron chi connectivity index (χ2n) is 6.42. The highest BCUT2D eigenvalue weighted by Gasteiger charge is 2.34. The molecule has 0 spiro atoms. The molecule has 4 heteroatoms. The van der Waals surface area contributed by atoms with E-state index in [1.54, 1.807) is 0 Å². The Kier molecular flexibility index (Phi) is 4.85. The van der Waals surface area contributed by atoms with Gasteiger partial charge in [0, 0.05) is 31.3 Å². The highest BCUT2D eigenvalue weighted by atomic mass is 35.5. The molecule has 116 valence electrons. The number of nitrogens with zero attached hydrogens (tertiary/aromatic N) is 1. The molecule has 21 heavy (non-hydrogen) atoms. The fourth-order valence-electron chi connectivity index (χ4n) is 3.47. The summed E-state index contributed by atoms with van der Waals surface area (Å²) in [7, 11) is 0. The fraction of sp³-hybridized carbons (Fsp3) is 0.647. The van der Waals surface area contributed by atoms with Gasteiger partial charge in [0.15, 0.2) is 0 Å². The van der Waals surface area contributed by atoms with Gasteiger partial charge in [0.05, 0.1) is 12.2 Å². The molecule has 2 saturated heterocycles. The molecule has 0 bridgehead atoms. The summed E-state index contributed by atoms with van der Waals surface area (Å²) in [6.07, 6.45) is 4.05. The largest absolute Gasteiger partial charge is 0.385 e. The van der Waals surface area contributed by atoms with E-state index in [1.165, 1.54) is 12.8 Å². The molecule has 1 atom stereocenters. The smallest absolute Gasteiger partial charge is 0.0920 e. The topological polar surface area (TPSA) is 32.7 Å². The van der Waals surface area contributed by atoms with Gasteiger partial charge in [-0.25, -0.2) is 0 Å². The van der Waals surface area contributed by atoms with Crippen molar-refractivity contribution >= 4 is 11.6 Å². The van der Waals surface area contributed by atoms with E-state index in [1.807, 2.05) is 24.3 Å². The Morgan fingerprint density at radius 2 is 1.95 bits per heavy atom. The first kappa shape index (κ1) is 15.3. The van der Waals surface area contributed by atoms with E-state index in [0.717, 1.165) is 56.3 Å². The second-order valence-corrected chi connectivity index (χ2v) is 6.86. The van der Waals surface area contributed by atoms with E-state index >= 15 is 0 Å². The van der Waals surface area contributed by atoms with Gasteiger partial charge in [-0.05, 0) is 49.3 Å². The lowest BCUT2D eigenvalue weighted by Gasteiger charge is -2.40. The van der Waals surface area contributed by atoms with E-state index in [9.17, 15) is 5.11 Å². The summed E-state index contributed by atoms with van der Waals surface area (Å²) in [5.74, 6) is 0.667. The van der Waals surface area contributed by atoms with Gasteiger partial charge in [-0.15, -0.1) is 0 Å². The van der Waals surface area contributed by atoms with Crippen LogP contribution in [-0.4, -0.2) is 42.9 Å². The Hall–Kier alpha value is -0.610. The third-order valence-electron chi connectivity index (χ3n) is 4.84.